The smallest absolute Gasteiger partial charge is 0.274 e. The van der Waals surface area contributed by atoms with Gasteiger partial charge < -0.3 is 15.6 Å². The third kappa shape index (κ3) is 3.98. The third-order valence-corrected chi connectivity index (χ3v) is 5.61. The van der Waals surface area contributed by atoms with E-state index in [1.807, 2.05) is 0 Å². The molecule has 1 aliphatic heterocycles. The van der Waals surface area contributed by atoms with Crippen LogP contribution in [0, 0.1) is 11.3 Å². The van der Waals surface area contributed by atoms with Gasteiger partial charge in [0.2, 0.25) is 5.95 Å². The number of halogens is 2. The highest BCUT2D eigenvalue weighted by molar-refractivity contribution is 5.96. The summed E-state index contributed by atoms with van der Waals surface area (Å²) in [6.07, 6.45) is 4.78. The minimum atomic E-state index is -3.10. The average molecular weight is 410 g/mol. The van der Waals surface area contributed by atoms with Crippen LogP contribution in [0.25, 0.3) is 22.2 Å². The minimum Gasteiger partial charge on any atom is -0.360 e. The first-order chi connectivity index (χ1) is 14.2. The fourth-order valence-electron chi connectivity index (χ4n) is 3.80. The van der Waals surface area contributed by atoms with Crippen molar-refractivity contribution < 1.29 is 8.78 Å². The summed E-state index contributed by atoms with van der Waals surface area (Å²) >= 11 is 0. The zero-order chi connectivity index (χ0) is 21.5. The summed E-state index contributed by atoms with van der Waals surface area (Å²) in [7, 11) is 0. The largest absolute Gasteiger partial charge is 0.360 e. The summed E-state index contributed by atoms with van der Waals surface area (Å²) in [4.78, 5) is 11.7. The number of nitrogens with one attached hydrogen (secondary N) is 3. The lowest BCUT2D eigenvalue weighted by Crippen LogP contribution is -2.50. The molecule has 1 saturated heterocycles. The van der Waals surface area contributed by atoms with Gasteiger partial charge in [-0.2, -0.15) is 5.26 Å². The second-order valence-corrected chi connectivity index (χ2v) is 8.56. The molecule has 1 atom stereocenters. The Bertz CT molecular complexity index is 1110. The molecule has 0 radical (unpaired) electrons. The molecule has 156 valence electrons. The van der Waals surface area contributed by atoms with E-state index in [9.17, 15) is 8.78 Å². The topological polar surface area (TPSA) is 89.4 Å². The Morgan fingerprint density at radius 3 is 2.80 bits per heavy atom. The molecule has 30 heavy (non-hydrogen) atoms. The number of rotatable bonds is 4. The number of nitrogens with zero attached hydrogens (tertiary/aromatic N) is 3. The van der Waals surface area contributed by atoms with E-state index in [1.165, 1.54) is 6.20 Å². The van der Waals surface area contributed by atoms with Crippen molar-refractivity contribution in [3.63, 3.8) is 0 Å². The van der Waals surface area contributed by atoms with Crippen LogP contribution in [0.2, 0.25) is 0 Å². The first-order valence-corrected chi connectivity index (χ1v) is 9.95. The lowest BCUT2D eigenvalue weighted by molar-refractivity contribution is 0.0174. The van der Waals surface area contributed by atoms with E-state index in [2.05, 4.69) is 45.5 Å². The second kappa shape index (κ2) is 7.33. The maximum Gasteiger partial charge on any atom is 0.274 e. The Labute approximate surface area is 173 Å². The van der Waals surface area contributed by atoms with Crippen molar-refractivity contribution in [3.05, 3.63) is 41.7 Å². The highest BCUT2D eigenvalue weighted by atomic mass is 19.3. The van der Waals surface area contributed by atoms with Gasteiger partial charge in [0, 0.05) is 53.9 Å². The van der Waals surface area contributed by atoms with Gasteiger partial charge in [-0.15, -0.1) is 0 Å². The number of nitriles is 1. The van der Waals surface area contributed by atoms with Gasteiger partial charge in [0.05, 0.1) is 22.9 Å². The summed E-state index contributed by atoms with van der Waals surface area (Å²) in [5.41, 5.74) is 1.78. The van der Waals surface area contributed by atoms with Crippen LogP contribution in [0.4, 0.5) is 14.7 Å². The average Bonchev–Trinajstić information content (AvgIpc) is 3.11. The SMILES string of the molecule is CC1(C)CC[C@H](Nc2ncc(C(C)(F)F)c(-c3c[nH]c4cc(C#N)ccc34)n2)CN1. The molecule has 0 amide bonds. The van der Waals surface area contributed by atoms with Gasteiger partial charge in [-0.1, -0.05) is 6.07 Å². The molecule has 0 saturated carbocycles. The van der Waals surface area contributed by atoms with Crippen molar-refractivity contribution in [1.29, 1.82) is 5.26 Å². The molecule has 4 rings (SSSR count). The number of hydrogen-bond donors (Lipinski definition) is 3. The molecule has 1 aromatic carbocycles. The van der Waals surface area contributed by atoms with Crippen LogP contribution in [0.3, 0.4) is 0 Å². The second-order valence-electron chi connectivity index (χ2n) is 8.56. The van der Waals surface area contributed by atoms with Crippen molar-refractivity contribution in [2.24, 2.45) is 0 Å². The number of hydrogen-bond acceptors (Lipinski definition) is 5. The standard InChI is InChI=1S/C22H24F2N6/c1-21(2)7-6-14(10-28-21)29-20-27-12-17(22(3,23)24)19(30-20)16-11-26-18-8-13(9-25)4-5-15(16)18/h4-5,8,11-12,14,26,28H,6-7,10H2,1-3H3,(H,27,29,30)/t14-/m0/s1. The summed E-state index contributed by atoms with van der Waals surface area (Å²) < 4.78 is 28.7. The number of H-pyrrole nitrogens is 1. The van der Waals surface area contributed by atoms with E-state index in [0.29, 0.717) is 22.6 Å². The van der Waals surface area contributed by atoms with Crippen LogP contribution in [0.5, 0.6) is 0 Å². The molecule has 2 aromatic heterocycles. The first kappa shape index (κ1) is 20.2. The molecule has 3 N–H and O–H groups in total. The Morgan fingerprint density at radius 2 is 2.13 bits per heavy atom. The summed E-state index contributed by atoms with van der Waals surface area (Å²) in [5, 5.41) is 16.6. The lowest BCUT2D eigenvalue weighted by atomic mass is 9.91. The van der Waals surface area contributed by atoms with Crippen molar-refractivity contribution in [3.8, 4) is 17.3 Å². The molecule has 3 heterocycles. The van der Waals surface area contributed by atoms with Gasteiger partial charge in [-0.05, 0) is 38.8 Å². The van der Waals surface area contributed by atoms with Gasteiger partial charge >= 0.3 is 0 Å². The van der Waals surface area contributed by atoms with Crippen LogP contribution in [-0.4, -0.2) is 33.1 Å². The fraction of sp³-hybridized carbons (Fsp3) is 0.409. The van der Waals surface area contributed by atoms with E-state index in [-0.39, 0.29) is 22.8 Å². The predicted octanol–water partition coefficient (Wildman–Crippen LogP) is 4.55. The predicted molar refractivity (Wildman–Crippen MR) is 112 cm³/mol. The first-order valence-electron chi connectivity index (χ1n) is 9.95. The van der Waals surface area contributed by atoms with Crippen LogP contribution in [-0.2, 0) is 5.92 Å². The van der Waals surface area contributed by atoms with Gasteiger partial charge in [-0.25, -0.2) is 18.7 Å². The molecule has 0 spiro atoms. The van der Waals surface area contributed by atoms with Gasteiger partial charge in [0.1, 0.15) is 0 Å². The molecule has 1 aliphatic rings. The maximum absolute atomic E-state index is 14.3. The van der Waals surface area contributed by atoms with Gasteiger partial charge in [-0.3, -0.25) is 0 Å². The van der Waals surface area contributed by atoms with Crippen LogP contribution in [0.1, 0.15) is 44.7 Å². The quantitative estimate of drug-likeness (QED) is 0.587. The summed E-state index contributed by atoms with van der Waals surface area (Å²) in [5.74, 6) is -2.77. The number of aromatic amines is 1. The van der Waals surface area contributed by atoms with Crippen LogP contribution in [0.15, 0.2) is 30.6 Å². The maximum atomic E-state index is 14.3. The molecule has 3 aromatic rings. The fourth-order valence-corrected chi connectivity index (χ4v) is 3.80. The van der Waals surface area contributed by atoms with E-state index in [0.717, 1.165) is 31.7 Å². The van der Waals surface area contributed by atoms with E-state index < -0.39 is 5.92 Å². The van der Waals surface area contributed by atoms with Crippen LogP contribution >= 0.6 is 0 Å². The normalized spacial score (nSPS) is 18.9. The Kier molecular flexibility index (Phi) is 4.94. The monoisotopic (exact) mass is 410 g/mol. The third-order valence-electron chi connectivity index (χ3n) is 5.61. The van der Waals surface area contributed by atoms with Gasteiger partial charge in [0.25, 0.3) is 5.92 Å². The number of anilines is 1. The van der Waals surface area contributed by atoms with E-state index in [1.54, 1.807) is 24.4 Å². The zero-order valence-electron chi connectivity index (χ0n) is 17.2. The van der Waals surface area contributed by atoms with E-state index >= 15 is 0 Å². The molecule has 1 fully saturated rings. The number of benzene rings is 1. The van der Waals surface area contributed by atoms with Gasteiger partial charge in [0.15, 0.2) is 0 Å². The Hall–Kier alpha value is -3.05. The van der Waals surface area contributed by atoms with Crippen LogP contribution < -0.4 is 10.6 Å². The molecule has 6 nitrogen and oxygen atoms in total. The summed E-state index contributed by atoms with van der Waals surface area (Å²) in [6.45, 7) is 5.91. The van der Waals surface area contributed by atoms with Crippen molar-refractivity contribution in [2.75, 3.05) is 11.9 Å². The van der Waals surface area contributed by atoms with Crippen molar-refractivity contribution in [2.45, 2.75) is 51.1 Å². The molecular weight excluding hydrogens is 386 g/mol. The zero-order valence-corrected chi connectivity index (χ0v) is 17.2. The molecule has 0 unspecified atom stereocenters. The Balaban J connectivity index is 1.73. The number of aromatic nitrogens is 3. The lowest BCUT2D eigenvalue weighted by Gasteiger charge is -2.36. The summed E-state index contributed by atoms with van der Waals surface area (Å²) in [6, 6.07) is 7.32. The minimum absolute atomic E-state index is 0.0879. The molecule has 8 heteroatoms. The number of fused-ring (bicyclic) bond motifs is 1. The number of alkyl halides is 2. The number of piperidine rings is 1. The van der Waals surface area contributed by atoms with E-state index in [4.69, 9.17) is 5.26 Å². The molecular formula is C22H24F2N6. The van der Waals surface area contributed by atoms with Crippen molar-refractivity contribution in [1.82, 2.24) is 20.3 Å². The Morgan fingerprint density at radius 1 is 1.33 bits per heavy atom. The highest BCUT2D eigenvalue weighted by Crippen LogP contribution is 2.37. The highest BCUT2D eigenvalue weighted by Gasteiger charge is 2.32. The van der Waals surface area contributed by atoms with Crippen molar-refractivity contribution >= 4 is 16.9 Å². The molecule has 0 aliphatic carbocycles. The molecule has 0 bridgehead atoms.